The van der Waals surface area contributed by atoms with Crippen molar-refractivity contribution in [1.29, 1.82) is 0 Å². The van der Waals surface area contributed by atoms with Crippen LogP contribution in [0.2, 0.25) is 0 Å². The first-order valence-electron chi connectivity index (χ1n) is 12.0. The molecule has 0 bridgehead atoms. The number of nitrogens with zero attached hydrogens (tertiary/aromatic N) is 4. The van der Waals surface area contributed by atoms with Gasteiger partial charge in [-0.2, -0.15) is 0 Å². The molecule has 1 atom stereocenters. The minimum Gasteiger partial charge on any atom is -0.493 e. The molecule has 0 saturated heterocycles. The first-order valence-corrected chi connectivity index (χ1v) is 12.0. The zero-order valence-electron chi connectivity index (χ0n) is 21.9. The molecule has 1 heterocycles. The van der Waals surface area contributed by atoms with E-state index in [4.69, 9.17) is 9.47 Å². The van der Waals surface area contributed by atoms with E-state index < -0.39 is 29.2 Å². The predicted octanol–water partition coefficient (Wildman–Crippen LogP) is 4.28. The molecule has 9 nitrogen and oxygen atoms in total. The van der Waals surface area contributed by atoms with E-state index >= 15 is 4.39 Å². The van der Waals surface area contributed by atoms with Gasteiger partial charge < -0.3 is 14.8 Å². The summed E-state index contributed by atoms with van der Waals surface area (Å²) in [6.45, 7) is 5.17. The molecule has 10 heteroatoms. The third-order valence-corrected chi connectivity index (χ3v) is 5.82. The van der Waals surface area contributed by atoms with Crippen molar-refractivity contribution >= 4 is 28.5 Å². The lowest BCUT2D eigenvalue weighted by Gasteiger charge is -2.34. The number of rotatable bonds is 8. The Kier molecular flexibility index (Phi) is 7.61. The zero-order valence-corrected chi connectivity index (χ0v) is 21.9. The molecule has 198 valence electrons. The zero-order chi connectivity index (χ0) is 27.4. The summed E-state index contributed by atoms with van der Waals surface area (Å²) >= 11 is 0. The highest BCUT2D eigenvalue weighted by molar-refractivity contribution is 6.02. The molecule has 0 saturated carbocycles. The van der Waals surface area contributed by atoms with Crippen molar-refractivity contribution < 1.29 is 23.5 Å². The summed E-state index contributed by atoms with van der Waals surface area (Å²) < 4.78 is 27.8. The number of carbonyl (C=O) groups is 2. The van der Waals surface area contributed by atoms with Crippen LogP contribution in [0.5, 0.6) is 11.5 Å². The molecule has 0 radical (unpaired) electrons. The van der Waals surface area contributed by atoms with Gasteiger partial charge in [0, 0.05) is 11.1 Å². The summed E-state index contributed by atoms with van der Waals surface area (Å²) in [5, 5.41) is 11.2. The van der Waals surface area contributed by atoms with Crippen molar-refractivity contribution in [2.45, 2.75) is 38.9 Å². The molecule has 0 spiro atoms. The molecule has 0 aliphatic carbocycles. The molecule has 0 fully saturated rings. The van der Waals surface area contributed by atoms with E-state index in [1.807, 2.05) is 32.9 Å². The molecule has 1 aromatic heterocycles. The number of halogens is 1. The van der Waals surface area contributed by atoms with Crippen molar-refractivity contribution in [3.63, 3.8) is 0 Å². The number of anilines is 1. The number of hydrogen-bond acceptors (Lipinski definition) is 6. The third kappa shape index (κ3) is 5.44. The normalized spacial score (nSPS) is 12.2. The molecule has 2 amide bonds. The van der Waals surface area contributed by atoms with Crippen LogP contribution < -0.4 is 19.7 Å². The van der Waals surface area contributed by atoms with Gasteiger partial charge in [-0.05, 0) is 51.1 Å². The van der Waals surface area contributed by atoms with E-state index in [1.165, 1.54) is 37.1 Å². The van der Waals surface area contributed by atoms with Crippen LogP contribution in [0.3, 0.4) is 0 Å². The van der Waals surface area contributed by atoms with Gasteiger partial charge in [-0.1, -0.05) is 41.6 Å². The number of fused-ring (bicyclic) bond motifs is 1. The highest BCUT2D eigenvalue weighted by Gasteiger charge is 2.38. The maximum absolute atomic E-state index is 15.3. The van der Waals surface area contributed by atoms with Crippen LogP contribution >= 0.6 is 0 Å². The Labute approximate surface area is 220 Å². The number of hydrogen-bond donors (Lipinski definition) is 1. The average Bonchev–Trinajstić information content (AvgIpc) is 3.28. The van der Waals surface area contributed by atoms with Gasteiger partial charge in [0.25, 0.3) is 0 Å². The quantitative estimate of drug-likeness (QED) is 0.373. The van der Waals surface area contributed by atoms with Gasteiger partial charge in [-0.3, -0.25) is 14.5 Å². The first-order chi connectivity index (χ1) is 18.1. The Hall–Kier alpha value is -4.47. The lowest BCUT2D eigenvalue weighted by atomic mass is 9.99. The number of nitrogens with one attached hydrogen (secondary N) is 1. The molecular weight excluding hydrogens is 489 g/mol. The first kappa shape index (κ1) is 26.6. The van der Waals surface area contributed by atoms with Crippen LogP contribution in [0, 0.1) is 5.82 Å². The smallest absolute Gasteiger partial charge is 0.249 e. The van der Waals surface area contributed by atoms with Crippen molar-refractivity contribution in [1.82, 2.24) is 20.3 Å². The lowest BCUT2D eigenvalue weighted by molar-refractivity contribution is -0.128. The maximum atomic E-state index is 15.3. The number of ether oxygens (including phenoxy) is 2. The predicted molar refractivity (Wildman–Crippen MR) is 142 cm³/mol. The largest absolute Gasteiger partial charge is 0.493 e. The second-order valence-corrected chi connectivity index (χ2v) is 9.68. The summed E-state index contributed by atoms with van der Waals surface area (Å²) in [6.07, 6.45) is 0. The van der Waals surface area contributed by atoms with Gasteiger partial charge in [0.2, 0.25) is 11.8 Å². The number of benzene rings is 3. The third-order valence-electron chi connectivity index (χ3n) is 5.82. The fraction of sp³-hybridized carbons (Fsp3) is 0.286. The van der Waals surface area contributed by atoms with Crippen molar-refractivity contribution in [3.05, 3.63) is 78.1 Å². The van der Waals surface area contributed by atoms with Crippen LogP contribution in [0.1, 0.15) is 32.4 Å². The number of aromatic nitrogens is 3. The Morgan fingerprint density at radius 2 is 1.71 bits per heavy atom. The van der Waals surface area contributed by atoms with E-state index in [2.05, 4.69) is 15.6 Å². The standard InChI is InChI=1S/C28H30FN5O4/c1-28(2,3)30-27(36)25(18-11-10-16-23(37-4)26(18)38-5)34(21-14-8-6-12-19(21)29)24(35)17-33-22-15-9-7-13-20(22)31-32-33/h6-16,25H,17H2,1-5H3,(H,30,36)/t25-/m1/s1. The Bertz CT molecular complexity index is 1460. The number of carbonyl (C=O) groups excluding carboxylic acids is 2. The van der Waals surface area contributed by atoms with Gasteiger partial charge in [0.1, 0.15) is 23.9 Å². The highest BCUT2D eigenvalue weighted by Crippen LogP contribution is 2.40. The molecule has 0 aliphatic rings. The SMILES string of the molecule is COc1cccc([C@H](C(=O)NC(C)(C)C)N(C(=O)Cn2nnc3ccccc32)c2ccccc2F)c1OC. The molecule has 38 heavy (non-hydrogen) atoms. The van der Waals surface area contributed by atoms with E-state index in [0.29, 0.717) is 22.3 Å². The highest BCUT2D eigenvalue weighted by atomic mass is 19.1. The van der Waals surface area contributed by atoms with Crippen molar-refractivity contribution in [2.24, 2.45) is 0 Å². The molecule has 4 rings (SSSR count). The van der Waals surface area contributed by atoms with Gasteiger partial charge in [-0.15, -0.1) is 5.10 Å². The lowest BCUT2D eigenvalue weighted by Crippen LogP contribution is -2.50. The summed E-state index contributed by atoms with van der Waals surface area (Å²) in [5.41, 5.74) is 0.848. The summed E-state index contributed by atoms with van der Waals surface area (Å²) in [6, 6.07) is 16.7. The van der Waals surface area contributed by atoms with Crippen LogP contribution in [-0.4, -0.2) is 46.6 Å². The molecule has 0 unspecified atom stereocenters. The fourth-order valence-electron chi connectivity index (χ4n) is 4.27. The minimum absolute atomic E-state index is 0.0687. The van der Waals surface area contributed by atoms with E-state index in [1.54, 1.807) is 36.4 Å². The average molecular weight is 520 g/mol. The molecule has 0 aliphatic heterocycles. The summed E-state index contributed by atoms with van der Waals surface area (Å²) in [4.78, 5) is 29.1. The van der Waals surface area contributed by atoms with Crippen molar-refractivity contribution in [3.8, 4) is 11.5 Å². The maximum Gasteiger partial charge on any atom is 0.249 e. The number of methoxy groups -OCH3 is 2. The van der Waals surface area contributed by atoms with E-state index in [0.717, 1.165) is 4.90 Å². The molecule has 3 aromatic carbocycles. The van der Waals surface area contributed by atoms with Gasteiger partial charge >= 0.3 is 0 Å². The van der Waals surface area contributed by atoms with Crippen LogP contribution in [0.25, 0.3) is 11.0 Å². The van der Waals surface area contributed by atoms with Gasteiger partial charge in [0.15, 0.2) is 11.5 Å². The van der Waals surface area contributed by atoms with E-state index in [9.17, 15) is 9.59 Å². The van der Waals surface area contributed by atoms with Crippen molar-refractivity contribution in [2.75, 3.05) is 19.1 Å². The monoisotopic (exact) mass is 519 g/mol. The van der Waals surface area contributed by atoms with Crippen LogP contribution in [0.15, 0.2) is 66.7 Å². The Morgan fingerprint density at radius 1 is 1.00 bits per heavy atom. The second kappa shape index (κ2) is 10.9. The second-order valence-electron chi connectivity index (χ2n) is 9.68. The summed E-state index contributed by atoms with van der Waals surface area (Å²) in [5.74, 6) is -1.15. The molecule has 4 aromatic rings. The molecular formula is C28H30FN5O4. The number of para-hydroxylation sites is 3. The fourth-order valence-corrected chi connectivity index (χ4v) is 4.27. The Morgan fingerprint density at radius 3 is 2.39 bits per heavy atom. The van der Waals surface area contributed by atoms with Gasteiger partial charge in [0.05, 0.1) is 25.4 Å². The minimum atomic E-state index is -1.31. The van der Waals surface area contributed by atoms with Gasteiger partial charge in [-0.25, -0.2) is 9.07 Å². The van der Waals surface area contributed by atoms with Crippen LogP contribution in [0.4, 0.5) is 10.1 Å². The van der Waals surface area contributed by atoms with Crippen LogP contribution in [-0.2, 0) is 16.1 Å². The Balaban J connectivity index is 1.91. The molecule has 1 N–H and O–H groups in total. The summed E-state index contributed by atoms with van der Waals surface area (Å²) in [7, 11) is 2.92. The van der Waals surface area contributed by atoms with E-state index in [-0.39, 0.29) is 18.0 Å². The topological polar surface area (TPSA) is 98.6 Å². The number of amides is 2.